The number of hydrogen-bond acceptors (Lipinski definition) is 5. The molecule has 2 amide bonds. The Kier molecular flexibility index (Phi) is 9.07. The molecule has 3 aliphatic heterocycles. The molecule has 3 heterocycles. The summed E-state index contributed by atoms with van der Waals surface area (Å²) >= 11 is 0. The topological polar surface area (TPSA) is 71.1 Å². The summed E-state index contributed by atoms with van der Waals surface area (Å²) in [5.41, 5.74) is 1.44. The number of hydrogen-bond donors (Lipinski definition) is 1. The molecule has 1 atom stereocenters. The van der Waals surface area contributed by atoms with Crippen LogP contribution in [0.4, 0.5) is 0 Å². The number of nitrogens with one attached hydrogen (secondary N) is 1. The predicted molar refractivity (Wildman–Crippen MR) is 152 cm³/mol. The van der Waals surface area contributed by atoms with Crippen molar-refractivity contribution in [2.24, 2.45) is 5.41 Å². The van der Waals surface area contributed by atoms with E-state index in [0.29, 0.717) is 44.7 Å². The Bertz CT molecular complexity index is 1120. The molecule has 2 saturated heterocycles. The minimum absolute atomic E-state index is 0.0155. The Balaban J connectivity index is 1.18. The number of nitrogens with zero attached hydrogens (tertiary/aromatic N) is 2. The lowest BCUT2D eigenvalue weighted by Crippen LogP contribution is -2.52. The minimum atomic E-state index is -0.440. The summed E-state index contributed by atoms with van der Waals surface area (Å²) < 4.78 is 12.0. The Morgan fingerprint density at radius 3 is 2.62 bits per heavy atom. The molecule has 7 heteroatoms. The first-order chi connectivity index (χ1) is 19.0. The van der Waals surface area contributed by atoms with E-state index >= 15 is 0 Å². The molecule has 0 aromatic heterocycles. The molecule has 7 nitrogen and oxygen atoms in total. The number of benzene rings is 2. The number of likely N-dealkylation sites (tertiary alicyclic amines) is 2. The smallest absolute Gasteiger partial charge is 0.253 e. The Labute approximate surface area is 232 Å². The zero-order chi connectivity index (χ0) is 27.1. The molecule has 2 aromatic carbocycles. The van der Waals surface area contributed by atoms with Crippen LogP contribution in [0.25, 0.3) is 0 Å². The molecule has 210 valence electrons. The first-order valence-electron chi connectivity index (χ1n) is 14.8. The molecule has 2 aromatic rings. The van der Waals surface area contributed by atoms with Crippen molar-refractivity contribution < 1.29 is 19.1 Å². The zero-order valence-electron chi connectivity index (χ0n) is 23.3. The van der Waals surface area contributed by atoms with E-state index in [4.69, 9.17) is 9.47 Å². The molecule has 0 aliphatic carbocycles. The van der Waals surface area contributed by atoms with Crippen molar-refractivity contribution in [1.82, 2.24) is 15.1 Å². The van der Waals surface area contributed by atoms with Crippen molar-refractivity contribution in [3.8, 4) is 11.5 Å². The maximum atomic E-state index is 13.6. The van der Waals surface area contributed by atoms with Gasteiger partial charge in [0.15, 0.2) is 0 Å². The molecule has 0 unspecified atom stereocenters. The van der Waals surface area contributed by atoms with Crippen LogP contribution in [0.3, 0.4) is 0 Å². The van der Waals surface area contributed by atoms with Gasteiger partial charge in [0.1, 0.15) is 24.7 Å². The van der Waals surface area contributed by atoms with Gasteiger partial charge in [-0.2, -0.15) is 0 Å². The first kappa shape index (κ1) is 27.5. The lowest BCUT2D eigenvalue weighted by molar-refractivity contribution is -0.135. The highest BCUT2D eigenvalue weighted by atomic mass is 16.5. The highest BCUT2D eigenvalue weighted by molar-refractivity contribution is 5.95. The van der Waals surface area contributed by atoms with E-state index in [0.717, 1.165) is 56.8 Å². The molecule has 2 fully saturated rings. The SMILES string of the molecule is C[C@H]1COc2ccccc2CCCCC2(CCN(C(=O)c3cccc(OCCN4CCCC4)c3)CC2)C(=O)N1. The van der Waals surface area contributed by atoms with Crippen LogP contribution in [0.1, 0.15) is 67.8 Å². The normalized spacial score (nSPS) is 22.2. The molecule has 0 bridgehead atoms. The summed E-state index contributed by atoms with van der Waals surface area (Å²) in [6.45, 7) is 7.46. The molecule has 1 spiro atoms. The number of ether oxygens (including phenoxy) is 2. The summed E-state index contributed by atoms with van der Waals surface area (Å²) in [6.07, 6.45) is 7.68. The van der Waals surface area contributed by atoms with Gasteiger partial charge in [0.25, 0.3) is 5.91 Å². The van der Waals surface area contributed by atoms with Crippen LogP contribution < -0.4 is 14.8 Å². The average Bonchev–Trinajstić information content (AvgIpc) is 3.48. The maximum Gasteiger partial charge on any atom is 0.253 e. The summed E-state index contributed by atoms with van der Waals surface area (Å²) in [7, 11) is 0. The number of rotatable bonds is 5. The largest absolute Gasteiger partial charge is 0.492 e. The lowest BCUT2D eigenvalue weighted by Gasteiger charge is -2.41. The molecular formula is C32H43N3O4. The number of fused-ring (bicyclic) bond motifs is 1. The van der Waals surface area contributed by atoms with E-state index < -0.39 is 5.41 Å². The molecule has 0 radical (unpaired) electrons. The second-order valence-corrected chi connectivity index (χ2v) is 11.5. The number of carbonyl (C=O) groups excluding carboxylic acids is 2. The van der Waals surface area contributed by atoms with Gasteiger partial charge < -0.3 is 19.7 Å². The van der Waals surface area contributed by atoms with Crippen LogP contribution in [0.5, 0.6) is 11.5 Å². The van der Waals surface area contributed by atoms with E-state index in [1.54, 1.807) is 0 Å². The van der Waals surface area contributed by atoms with Crippen LogP contribution in [-0.4, -0.2) is 73.6 Å². The van der Waals surface area contributed by atoms with E-state index in [1.165, 1.54) is 18.4 Å². The van der Waals surface area contributed by atoms with E-state index in [2.05, 4.69) is 22.3 Å². The average molecular weight is 534 g/mol. The third kappa shape index (κ3) is 6.93. The van der Waals surface area contributed by atoms with Crippen molar-refractivity contribution >= 4 is 11.8 Å². The third-order valence-corrected chi connectivity index (χ3v) is 8.64. The quantitative estimate of drug-likeness (QED) is 0.604. The highest BCUT2D eigenvalue weighted by Gasteiger charge is 2.42. The van der Waals surface area contributed by atoms with Gasteiger partial charge in [-0.15, -0.1) is 0 Å². The monoisotopic (exact) mass is 533 g/mol. The Hall–Kier alpha value is -3.06. The van der Waals surface area contributed by atoms with E-state index in [9.17, 15) is 9.59 Å². The minimum Gasteiger partial charge on any atom is -0.492 e. The molecule has 0 saturated carbocycles. The molecular weight excluding hydrogens is 490 g/mol. The lowest BCUT2D eigenvalue weighted by atomic mass is 9.73. The highest BCUT2D eigenvalue weighted by Crippen LogP contribution is 2.38. The van der Waals surface area contributed by atoms with Gasteiger partial charge in [-0.3, -0.25) is 14.5 Å². The van der Waals surface area contributed by atoms with Crippen molar-refractivity contribution in [3.63, 3.8) is 0 Å². The fourth-order valence-corrected chi connectivity index (χ4v) is 6.19. The molecule has 3 aliphatic rings. The van der Waals surface area contributed by atoms with Crippen LogP contribution in [0, 0.1) is 5.41 Å². The second-order valence-electron chi connectivity index (χ2n) is 11.5. The third-order valence-electron chi connectivity index (χ3n) is 8.64. The van der Waals surface area contributed by atoms with Crippen LogP contribution >= 0.6 is 0 Å². The Morgan fingerprint density at radius 1 is 1.00 bits per heavy atom. The van der Waals surface area contributed by atoms with Gasteiger partial charge >= 0.3 is 0 Å². The molecule has 39 heavy (non-hydrogen) atoms. The standard InChI is InChI=1S/C32H43N3O4/c1-25-24-39-29-13-3-2-9-26(29)10-4-5-14-32(31(37)33-25)15-19-35(20-16-32)30(36)27-11-8-12-28(23-27)38-22-21-34-17-6-7-18-34/h2-3,8-9,11-13,23,25H,4-7,10,14-22,24H2,1H3,(H,33,37)/t25-/m0/s1. The first-order valence-corrected chi connectivity index (χ1v) is 14.8. The van der Waals surface area contributed by atoms with Gasteiger partial charge in [0.05, 0.1) is 11.5 Å². The number of aryl methyl sites for hydroxylation is 1. The maximum absolute atomic E-state index is 13.6. The van der Waals surface area contributed by atoms with Crippen molar-refractivity contribution in [3.05, 3.63) is 59.7 Å². The van der Waals surface area contributed by atoms with Gasteiger partial charge in [-0.25, -0.2) is 0 Å². The summed E-state index contributed by atoms with van der Waals surface area (Å²) in [5.74, 6) is 1.78. The van der Waals surface area contributed by atoms with E-state index in [-0.39, 0.29) is 17.9 Å². The van der Waals surface area contributed by atoms with Crippen LogP contribution in [0.15, 0.2) is 48.5 Å². The molecule has 5 rings (SSSR count). The van der Waals surface area contributed by atoms with Gasteiger partial charge in [0, 0.05) is 25.2 Å². The van der Waals surface area contributed by atoms with Gasteiger partial charge in [0.2, 0.25) is 5.91 Å². The second kappa shape index (κ2) is 12.9. The number of carbonyl (C=O) groups is 2. The van der Waals surface area contributed by atoms with Crippen LogP contribution in [0.2, 0.25) is 0 Å². The number of piperidine rings is 1. The van der Waals surface area contributed by atoms with Crippen molar-refractivity contribution in [2.75, 3.05) is 45.9 Å². The van der Waals surface area contributed by atoms with Crippen molar-refractivity contribution in [1.29, 1.82) is 0 Å². The van der Waals surface area contributed by atoms with Gasteiger partial charge in [-0.1, -0.05) is 30.7 Å². The molecule has 1 N–H and O–H groups in total. The number of amides is 2. The summed E-state index contributed by atoms with van der Waals surface area (Å²) in [5, 5.41) is 3.22. The summed E-state index contributed by atoms with van der Waals surface area (Å²) in [4.78, 5) is 31.3. The zero-order valence-corrected chi connectivity index (χ0v) is 23.3. The van der Waals surface area contributed by atoms with Gasteiger partial charge in [-0.05, 0) is 94.8 Å². The van der Waals surface area contributed by atoms with Crippen molar-refractivity contribution in [2.45, 2.75) is 64.3 Å². The fraction of sp³-hybridized carbons (Fsp3) is 0.562. The fourth-order valence-electron chi connectivity index (χ4n) is 6.19. The predicted octanol–water partition coefficient (Wildman–Crippen LogP) is 4.69. The van der Waals surface area contributed by atoms with E-state index in [1.807, 2.05) is 48.2 Å². The number of para-hydroxylation sites is 1. The van der Waals surface area contributed by atoms with Crippen LogP contribution in [-0.2, 0) is 11.2 Å². The Morgan fingerprint density at radius 2 is 1.79 bits per heavy atom. The summed E-state index contributed by atoms with van der Waals surface area (Å²) in [6, 6.07) is 15.7.